The van der Waals surface area contributed by atoms with Crippen LogP contribution < -0.4 is 10.1 Å². The number of halogens is 1. The highest BCUT2D eigenvalue weighted by Crippen LogP contribution is 2.30. The van der Waals surface area contributed by atoms with Crippen LogP contribution in [0, 0.1) is 17.1 Å². The summed E-state index contributed by atoms with van der Waals surface area (Å²) < 4.78 is 52.5. The van der Waals surface area contributed by atoms with Crippen LogP contribution in [-0.4, -0.2) is 31.2 Å². The monoisotopic (exact) mass is 533 g/mol. The average molecular weight is 534 g/mol. The van der Waals surface area contributed by atoms with Crippen molar-refractivity contribution in [2.24, 2.45) is 0 Å². The largest absolute Gasteiger partial charge is 0.489 e. The molecule has 0 radical (unpaired) electrons. The zero-order valence-electron chi connectivity index (χ0n) is 20.3. The Hall–Kier alpha value is -4.20. The number of ether oxygens (including phenoxy) is 1. The minimum absolute atomic E-state index is 0.185. The molecular weight excluding hydrogens is 509 g/mol. The van der Waals surface area contributed by atoms with Crippen molar-refractivity contribution < 1.29 is 26.8 Å². The Kier molecular flexibility index (Phi) is 7.13. The summed E-state index contributed by atoms with van der Waals surface area (Å²) in [6.07, 6.45) is 0.915. The van der Waals surface area contributed by atoms with Gasteiger partial charge in [0.1, 0.15) is 29.8 Å². The van der Waals surface area contributed by atoms with Crippen molar-refractivity contribution in [2.75, 3.05) is 6.54 Å². The summed E-state index contributed by atoms with van der Waals surface area (Å²) in [7, 11) is -4.09. The van der Waals surface area contributed by atoms with E-state index in [1.165, 1.54) is 24.3 Å². The number of nitriles is 1. The van der Waals surface area contributed by atoms with E-state index in [9.17, 15) is 17.6 Å². The van der Waals surface area contributed by atoms with Crippen molar-refractivity contribution in [1.29, 1.82) is 5.26 Å². The molecule has 10 heteroatoms. The molecular formula is C28H24FN3O5S. The maximum Gasteiger partial charge on any atom is 0.277 e. The lowest BCUT2D eigenvalue weighted by molar-refractivity contribution is -0.124. The summed E-state index contributed by atoms with van der Waals surface area (Å²) in [5.41, 5.74) is 2.54. The van der Waals surface area contributed by atoms with Crippen LogP contribution in [0.15, 0.2) is 82.3 Å². The van der Waals surface area contributed by atoms with Crippen LogP contribution in [0.4, 0.5) is 4.39 Å². The summed E-state index contributed by atoms with van der Waals surface area (Å²) in [6, 6.07) is 20.6. The summed E-state index contributed by atoms with van der Waals surface area (Å²) in [4.78, 5) is 13.0. The highest BCUT2D eigenvalue weighted by Gasteiger charge is 2.41. The first kappa shape index (κ1) is 25.4. The molecule has 1 atom stereocenters. The summed E-state index contributed by atoms with van der Waals surface area (Å²) in [6.45, 7) is 0.705. The third-order valence-electron chi connectivity index (χ3n) is 6.38. The Morgan fingerprint density at radius 3 is 2.71 bits per heavy atom. The minimum Gasteiger partial charge on any atom is -0.489 e. The van der Waals surface area contributed by atoms with Crippen molar-refractivity contribution in [1.82, 2.24) is 9.62 Å². The number of hydrogen-bond donors (Lipinski definition) is 1. The van der Waals surface area contributed by atoms with Crippen molar-refractivity contribution in [3.8, 4) is 11.8 Å². The van der Waals surface area contributed by atoms with Gasteiger partial charge < -0.3 is 14.5 Å². The van der Waals surface area contributed by atoms with E-state index < -0.39 is 27.8 Å². The number of nitrogens with zero attached hydrogens (tertiary/aromatic N) is 2. The Bertz CT molecular complexity index is 1630. The maximum atomic E-state index is 13.5. The molecule has 194 valence electrons. The van der Waals surface area contributed by atoms with E-state index in [0.717, 1.165) is 15.4 Å². The molecule has 2 heterocycles. The standard InChI is InChI=1S/C28H24FN3O5S/c29-23-10-11-26-22(14-23)15-27(37-26)38(34,35)32-12-2-5-25(32)28(33)31-17-21-3-1-4-24(13-21)36-18-20-8-6-19(16-30)7-9-20/h1,3-4,6-11,13-15,25H,2,5,12,17-18H2,(H,31,33)/t25-/m0/s1. The van der Waals surface area contributed by atoms with Gasteiger partial charge in [-0.15, -0.1) is 0 Å². The Balaban J connectivity index is 1.22. The predicted octanol–water partition coefficient (Wildman–Crippen LogP) is 4.49. The molecule has 1 aromatic heterocycles. The third-order valence-corrected chi connectivity index (χ3v) is 8.14. The van der Waals surface area contributed by atoms with Gasteiger partial charge >= 0.3 is 0 Å². The van der Waals surface area contributed by atoms with E-state index in [1.54, 1.807) is 24.3 Å². The number of sulfonamides is 1. The second-order valence-corrected chi connectivity index (χ2v) is 10.8. The Labute approximate surface area is 219 Å². The zero-order valence-corrected chi connectivity index (χ0v) is 21.1. The molecule has 1 aliphatic rings. The molecule has 8 nitrogen and oxygen atoms in total. The molecule has 1 amide bonds. The van der Waals surface area contributed by atoms with E-state index in [2.05, 4.69) is 11.4 Å². The number of amides is 1. The van der Waals surface area contributed by atoms with Crippen molar-refractivity contribution >= 4 is 26.9 Å². The number of carbonyl (C=O) groups excluding carboxylic acids is 1. The lowest BCUT2D eigenvalue weighted by Gasteiger charge is -2.22. The number of hydrogen-bond acceptors (Lipinski definition) is 6. The third kappa shape index (κ3) is 5.39. The number of benzene rings is 3. The first-order chi connectivity index (χ1) is 18.3. The average Bonchev–Trinajstić information content (AvgIpc) is 3.59. The van der Waals surface area contributed by atoms with E-state index in [1.807, 2.05) is 24.3 Å². The molecule has 1 N–H and O–H groups in total. The summed E-state index contributed by atoms with van der Waals surface area (Å²) >= 11 is 0. The number of rotatable bonds is 8. The van der Waals surface area contributed by atoms with Crippen LogP contribution in [0.2, 0.25) is 0 Å². The Morgan fingerprint density at radius 1 is 1.11 bits per heavy atom. The maximum absolute atomic E-state index is 13.5. The van der Waals surface area contributed by atoms with E-state index in [4.69, 9.17) is 14.4 Å². The molecule has 0 saturated carbocycles. The van der Waals surface area contributed by atoms with Gasteiger partial charge in [-0.1, -0.05) is 24.3 Å². The lowest BCUT2D eigenvalue weighted by atomic mass is 10.1. The zero-order chi connectivity index (χ0) is 26.7. The van der Waals surface area contributed by atoms with Crippen molar-refractivity contribution in [3.05, 3.63) is 95.3 Å². The van der Waals surface area contributed by atoms with Gasteiger partial charge in [0.05, 0.1) is 11.6 Å². The lowest BCUT2D eigenvalue weighted by Crippen LogP contribution is -2.45. The van der Waals surface area contributed by atoms with Crippen molar-refractivity contribution in [2.45, 2.75) is 37.1 Å². The quantitative estimate of drug-likeness (QED) is 0.357. The van der Waals surface area contributed by atoms with Crippen LogP contribution >= 0.6 is 0 Å². The molecule has 0 aliphatic carbocycles. The second kappa shape index (κ2) is 10.7. The van der Waals surface area contributed by atoms with E-state index in [-0.39, 0.29) is 23.8 Å². The Morgan fingerprint density at radius 2 is 1.92 bits per heavy atom. The smallest absolute Gasteiger partial charge is 0.277 e. The number of nitrogens with one attached hydrogen (secondary N) is 1. The first-order valence-corrected chi connectivity index (χ1v) is 13.5. The van der Waals surface area contributed by atoms with Gasteiger partial charge in [-0.3, -0.25) is 4.79 Å². The number of furan rings is 1. The normalized spacial score (nSPS) is 15.8. The van der Waals surface area contributed by atoms with Gasteiger partial charge in [0.25, 0.3) is 10.0 Å². The fourth-order valence-corrected chi connectivity index (χ4v) is 6.02. The molecule has 1 saturated heterocycles. The minimum atomic E-state index is -4.09. The molecule has 5 rings (SSSR count). The fourth-order valence-electron chi connectivity index (χ4n) is 4.42. The highest BCUT2D eigenvalue weighted by molar-refractivity contribution is 7.89. The topological polar surface area (TPSA) is 113 Å². The summed E-state index contributed by atoms with van der Waals surface area (Å²) in [5.74, 6) is -0.283. The van der Waals surface area contributed by atoms with Gasteiger partial charge in [0.2, 0.25) is 11.0 Å². The summed E-state index contributed by atoms with van der Waals surface area (Å²) in [5, 5.41) is 11.8. The molecule has 4 aromatic rings. The SMILES string of the molecule is N#Cc1ccc(COc2cccc(CNC(=O)[C@@H]3CCCN3S(=O)(=O)c3cc4cc(F)ccc4o3)c2)cc1. The second-order valence-electron chi connectivity index (χ2n) is 8.98. The van der Waals surface area contributed by atoms with Crippen LogP contribution in [0.5, 0.6) is 5.75 Å². The molecule has 0 unspecified atom stereocenters. The first-order valence-electron chi connectivity index (χ1n) is 12.0. The van der Waals surface area contributed by atoms with E-state index in [0.29, 0.717) is 36.1 Å². The molecule has 1 aliphatic heterocycles. The van der Waals surface area contributed by atoms with Gasteiger partial charge in [-0.2, -0.15) is 9.57 Å². The van der Waals surface area contributed by atoms with Gasteiger partial charge in [-0.25, -0.2) is 12.8 Å². The van der Waals surface area contributed by atoms with Gasteiger partial charge in [0, 0.05) is 24.5 Å². The molecule has 1 fully saturated rings. The van der Waals surface area contributed by atoms with Crippen LogP contribution in [-0.2, 0) is 28.0 Å². The molecule has 3 aromatic carbocycles. The molecule has 0 bridgehead atoms. The molecule has 38 heavy (non-hydrogen) atoms. The van der Waals surface area contributed by atoms with Crippen LogP contribution in [0.3, 0.4) is 0 Å². The number of carbonyl (C=O) groups is 1. The fraction of sp³-hybridized carbons (Fsp3) is 0.214. The van der Waals surface area contributed by atoms with Gasteiger partial charge in [-0.05, 0) is 66.4 Å². The van der Waals surface area contributed by atoms with Gasteiger partial charge in [0.15, 0.2) is 0 Å². The highest BCUT2D eigenvalue weighted by atomic mass is 32.2. The van der Waals surface area contributed by atoms with Crippen LogP contribution in [0.25, 0.3) is 11.0 Å². The van der Waals surface area contributed by atoms with Crippen molar-refractivity contribution in [3.63, 3.8) is 0 Å². The number of fused-ring (bicyclic) bond motifs is 1. The predicted molar refractivity (Wildman–Crippen MR) is 137 cm³/mol. The van der Waals surface area contributed by atoms with Crippen LogP contribution in [0.1, 0.15) is 29.5 Å². The molecule has 0 spiro atoms. The van der Waals surface area contributed by atoms with E-state index >= 15 is 0 Å².